The second-order valence-electron chi connectivity index (χ2n) is 5.65. The summed E-state index contributed by atoms with van der Waals surface area (Å²) >= 11 is 0. The fraction of sp³-hybridized carbons (Fsp3) is 0.562. The van der Waals surface area contributed by atoms with Crippen molar-refractivity contribution in [1.82, 2.24) is 15.5 Å². The van der Waals surface area contributed by atoms with Gasteiger partial charge in [-0.2, -0.15) is 5.10 Å². The van der Waals surface area contributed by atoms with Crippen LogP contribution in [0.25, 0.3) is 11.5 Å². The van der Waals surface area contributed by atoms with E-state index in [1.807, 2.05) is 25.3 Å². The van der Waals surface area contributed by atoms with Gasteiger partial charge in [-0.05, 0) is 31.4 Å². The molecular formula is C16H25N3O2. The molecule has 5 heteroatoms. The Morgan fingerprint density at radius 1 is 1.33 bits per heavy atom. The number of nitrogens with zero attached hydrogens (tertiary/aromatic N) is 1. The van der Waals surface area contributed by atoms with Gasteiger partial charge >= 0.3 is 0 Å². The summed E-state index contributed by atoms with van der Waals surface area (Å²) in [5.41, 5.74) is 2.04. The minimum absolute atomic E-state index is 0.697. The predicted molar refractivity (Wildman–Crippen MR) is 83.0 cm³/mol. The van der Waals surface area contributed by atoms with Crippen molar-refractivity contribution in [3.05, 3.63) is 29.7 Å². The van der Waals surface area contributed by atoms with Crippen molar-refractivity contribution >= 4 is 0 Å². The maximum absolute atomic E-state index is 5.63. The SMILES string of the molecule is Cc1ccc(-c2[nH]ncc2CNCCOCCC(C)C)o1. The van der Waals surface area contributed by atoms with Crippen LogP contribution in [0.15, 0.2) is 22.7 Å². The molecule has 0 aromatic carbocycles. The first kappa shape index (κ1) is 15.8. The van der Waals surface area contributed by atoms with E-state index in [0.29, 0.717) is 5.92 Å². The molecule has 0 bridgehead atoms. The number of nitrogens with one attached hydrogen (secondary N) is 2. The number of aryl methyl sites for hydroxylation is 1. The molecule has 2 heterocycles. The first-order valence-electron chi connectivity index (χ1n) is 7.54. The monoisotopic (exact) mass is 291 g/mol. The third-order valence-corrected chi connectivity index (χ3v) is 3.28. The maximum Gasteiger partial charge on any atom is 0.152 e. The van der Waals surface area contributed by atoms with Crippen LogP contribution in [-0.4, -0.2) is 30.0 Å². The van der Waals surface area contributed by atoms with Crippen LogP contribution in [0.5, 0.6) is 0 Å². The van der Waals surface area contributed by atoms with Crippen LogP contribution in [0.2, 0.25) is 0 Å². The Morgan fingerprint density at radius 2 is 2.19 bits per heavy atom. The second-order valence-corrected chi connectivity index (χ2v) is 5.65. The molecule has 0 unspecified atom stereocenters. The summed E-state index contributed by atoms with van der Waals surface area (Å²) in [7, 11) is 0. The van der Waals surface area contributed by atoms with Crippen molar-refractivity contribution in [2.45, 2.75) is 33.7 Å². The van der Waals surface area contributed by atoms with Gasteiger partial charge in [0.05, 0.1) is 12.8 Å². The lowest BCUT2D eigenvalue weighted by molar-refractivity contribution is 0.125. The number of ether oxygens (including phenoxy) is 1. The quantitative estimate of drug-likeness (QED) is 0.697. The summed E-state index contributed by atoms with van der Waals surface area (Å²) in [6.45, 7) is 9.50. The molecule has 2 N–H and O–H groups in total. The Balaban J connectivity index is 1.71. The molecule has 0 saturated heterocycles. The van der Waals surface area contributed by atoms with Crippen LogP contribution in [0.3, 0.4) is 0 Å². The molecule has 0 amide bonds. The number of furan rings is 1. The molecule has 0 aliphatic rings. The van der Waals surface area contributed by atoms with Crippen molar-refractivity contribution in [3.8, 4) is 11.5 Å². The van der Waals surface area contributed by atoms with Crippen LogP contribution in [0, 0.1) is 12.8 Å². The molecule has 21 heavy (non-hydrogen) atoms. The Bertz CT molecular complexity index is 531. The van der Waals surface area contributed by atoms with Gasteiger partial charge in [0.1, 0.15) is 11.5 Å². The molecule has 0 fully saturated rings. The summed E-state index contributed by atoms with van der Waals surface area (Å²) < 4.78 is 11.2. The summed E-state index contributed by atoms with van der Waals surface area (Å²) in [6.07, 6.45) is 2.95. The van der Waals surface area contributed by atoms with E-state index in [-0.39, 0.29) is 0 Å². The molecule has 116 valence electrons. The number of hydrogen-bond acceptors (Lipinski definition) is 4. The number of hydrogen-bond donors (Lipinski definition) is 2. The van der Waals surface area contributed by atoms with Crippen molar-refractivity contribution < 1.29 is 9.15 Å². The molecule has 0 saturated carbocycles. The minimum atomic E-state index is 0.697. The average molecular weight is 291 g/mol. The summed E-state index contributed by atoms with van der Waals surface area (Å²) in [4.78, 5) is 0. The van der Waals surface area contributed by atoms with Gasteiger partial charge in [0.15, 0.2) is 5.76 Å². The van der Waals surface area contributed by atoms with Crippen LogP contribution in [0.4, 0.5) is 0 Å². The molecule has 2 rings (SSSR count). The third-order valence-electron chi connectivity index (χ3n) is 3.28. The van der Waals surface area contributed by atoms with E-state index in [4.69, 9.17) is 9.15 Å². The molecule has 0 aliphatic carbocycles. The molecular weight excluding hydrogens is 266 g/mol. The Hall–Kier alpha value is -1.59. The van der Waals surface area contributed by atoms with Crippen molar-refractivity contribution in [2.24, 2.45) is 5.92 Å². The molecule has 2 aromatic rings. The Labute approximate surface area is 126 Å². The fourth-order valence-corrected chi connectivity index (χ4v) is 2.02. The largest absolute Gasteiger partial charge is 0.460 e. The van der Waals surface area contributed by atoms with Gasteiger partial charge < -0.3 is 14.5 Å². The van der Waals surface area contributed by atoms with Crippen molar-refractivity contribution in [1.29, 1.82) is 0 Å². The van der Waals surface area contributed by atoms with Crippen LogP contribution in [-0.2, 0) is 11.3 Å². The fourth-order valence-electron chi connectivity index (χ4n) is 2.02. The Morgan fingerprint density at radius 3 is 2.90 bits per heavy atom. The maximum atomic E-state index is 5.63. The minimum Gasteiger partial charge on any atom is -0.460 e. The zero-order valence-corrected chi connectivity index (χ0v) is 13.1. The van der Waals surface area contributed by atoms with E-state index in [9.17, 15) is 0 Å². The summed E-state index contributed by atoms with van der Waals surface area (Å²) in [5, 5.41) is 10.5. The molecule has 0 atom stereocenters. The zero-order chi connectivity index (χ0) is 15.1. The zero-order valence-electron chi connectivity index (χ0n) is 13.1. The van der Waals surface area contributed by atoms with Gasteiger partial charge in [0.25, 0.3) is 0 Å². The van der Waals surface area contributed by atoms with E-state index < -0.39 is 0 Å². The topological polar surface area (TPSA) is 63.1 Å². The van der Waals surface area contributed by atoms with Gasteiger partial charge in [-0.25, -0.2) is 0 Å². The van der Waals surface area contributed by atoms with E-state index in [1.54, 1.807) is 0 Å². The normalized spacial score (nSPS) is 11.4. The van der Waals surface area contributed by atoms with Gasteiger partial charge in [0.2, 0.25) is 0 Å². The molecule has 0 spiro atoms. The number of aromatic nitrogens is 2. The molecule has 0 aliphatic heterocycles. The van der Waals surface area contributed by atoms with Crippen LogP contribution >= 0.6 is 0 Å². The third kappa shape index (κ3) is 5.02. The smallest absolute Gasteiger partial charge is 0.152 e. The lowest BCUT2D eigenvalue weighted by atomic mass is 10.1. The highest BCUT2D eigenvalue weighted by Gasteiger charge is 2.10. The van der Waals surface area contributed by atoms with E-state index in [0.717, 1.165) is 55.5 Å². The average Bonchev–Trinajstić information content (AvgIpc) is 3.05. The number of H-pyrrole nitrogens is 1. The summed E-state index contributed by atoms with van der Waals surface area (Å²) in [5.74, 6) is 2.43. The Kier molecular flexibility index (Phi) is 6.02. The first-order chi connectivity index (χ1) is 10.2. The highest BCUT2D eigenvalue weighted by atomic mass is 16.5. The highest BCUT2D eigenvalue weighted by molar-refractivity contribution is 5.56. The van der Waals surface area contributed by atoms with E-state index in [2.05, 4.69) is 29.4 Å². The van der Waals surface area contributed by atoms with Gasteiger partial charge in [0, 0.05) is 25.3 Å². The van der Waals surface area contributed by atoms with Crippen molar-refractivity contribution in [2.75, 3.05) is 19.8 Å². The second kappa shape index (κ2) is 8.00. The van der Waals surface area contributed by atoms with Gasteiger partial charge in [-0.3, -0.25) is 5.10 Å². The molecule has 0 radical (unpaired) electrons. The van der Waals surface area contributed by atoms with Crippen molar-refractivity contribution in [3.63, 3.8) is 0 Å². The molecule has 5 nitrogen and oxygen atoms in total. The van der Waals surface area contributed by atoms with E-state index in [1.165, 1.54) is 0 Å². The lowest BCUT2D eigenvalue weighted by Crippen LogP contribution is -2.19. The first-order valence-corrected chi connectivity index (χ1v) is 7.54. The standard InChI is InChI=1S/C16H25N3O2/c1-12(2)6-8-20-9-7-17-10-14-11-18-19-16(14)15-5-4-13(3)21-15/h4-5,11-12,17H,6-10H2,1-3H3,(H,18,19). The van der Waals surface area contributed by atoms with Crippen LogP contribution < -0.4 is 5.32 Å². The van der Waals surface area contributed by atoms with Gasteiger partial charge in [-0.1, -0.05) is 13.8 Å². The van der Waals surface area contributed by atoms with Crippen LogP contribution in [0.1, 0.15) is 31.6 Å². The number of aromatic amines is 1. The molecule has 2 aromatic heterocycles. The highest BCUT2D eigenvalue weighted by Crippen LogP contribution is 2.23. The summed E-state index contributed by atoms with van der Waals surface area (Å²) in [6, 6.07) is 3.91. The van der Waals surface area contributed by atoms with Gasteiger partial charge in [-0.15, -0.1) is 0 Å². The predicted octanol–water partition coefficient (Wildman–Crippen LogP) is 3.13. The number of rotatable bonds is 9. The van der Waals surface area contributed by atoms with E-state index >= 15 is 0 Å². The lowest BCUT2D eigenvalue weighted by Gasteiger charge is -2.07.